The summed E-state index contributed by atoms with van der Waals surface area (Å²) >= 11 is 0. The number of ether oxygens (including phenoxy) is 1. The van der Waals surface area contributed by atoms with Crippen molar-refractivity contribution in [1.29, 1.82) is 0 Å². The van der Waals surface area contributed by atoms with Gasteiger partial charge in [-0.25, -0.2) is 0 Å². The van der Waals surface area contributed by atoms with Crippen molar-refractivity contribution in [3.63, 3.8) is 0 Å². The zero-order chi connectivity index (χ0) is 19.5. The number of carbonyl (C=O) groups is 2. The molecule has 2 amide bonds. The Labute approximate surface area is 169 Å². The van der Waals surface area contributed by atoms with E-state index in [1.165, 1.54) is 0 Å². The molecule has 1 aliphatic carbocycles. The molecule has 0 aromatic heterocycles. The fourth-order valence-corrected chi connectivity index (χ4v) is 5.45. The second-order valence-electron chi connectivity index (χ2n) is 9.24. The number of nitrogens with zero attached hydrogens (tertiary/aromatic N) is 3. The number of amides is 2. The van der Waals surface area contributed by atoms with Crippen molar-refractivity contribution in [3.8, 4) is 0 Å². The smallest absolute Gasteiger partial charge is 0.225 e. The molecule has 3 heterocycles. The maximum atomic E-state index is 12.9. The Kier molecular flexibility index (Phi) is 6.56. The molecule has 0 spiro atoms. The van der Waals surface area contributed by atoms with Gasteiger partial charge in [0, 0.05) is 64.8 Å². The Balaban J connectivity index is 1.17. The van der Waals surface area contributed by atoms with E-state index < -0.39 is 0 Å². The first-order chi connectivity index (χ1) is 13.7. The van der Waals surface area contributed by atoms with Gasteiger partial charge >= 0.3 is 0 Å². The minimum Gasteiger partial charge on any atom is -0.381 e. The molecule has 0 unspecified atom stereocenters. The van der Waals surface area contributed by atoms with Crippen LogP contribution in [0.25, 0.3) is 0 Å². The summed E-state index contributed by atoms with van der Waals surface area (Å²) in [5.41, 5.74) is 0. The highest BCUT2D eigenvalue weighted by Crippen LogP contribution is 2.49. The summed E-state index contributed by atoms with van der Waals surface area (Å²) < 4.78 is 5.46. The average Bonchev–Trinajstić information content (AvgIpc) is 3.55. The van der Waals surface area contributed by atoms with Crippen LogP contribution in [0.1, 0.15) is 45.4 Å². The van der Waals surface area contributed by atoms with Crippen molar-refractivity contribution < 1.29 is 14.3 Å². The average molecular weight is 392 g/mol. The van der Waals surface area contributed by atoms with Gasteiger partial charge in [-0.1, -0.05) is 6.92 Å². The van der Waals surface area contributed by atoms with Gasteiger partial charge < -0.3 is 19.4 Å². The van der Waals surface area contributed by atoms with Crippen molar-refractivity contribution in [3.05, 3.63) is 0 Å². The van der Waals surface area contributed by atoms with E-state index in [2.05, 4.69) is 16.7 Å². The van der Waals surface area contributed by atoms with Crippen molar-refractivity contribution in [2.45, 2.75) is 45.4 Å². The van der Waals surface area contributed by atoms with Crippen LogP contribution in [0.4, 0.5) is 0 Å². The van der Waals surface area contributed by atoms with E-state index in [0.29, 0.717) is 36.0 Å². The van der Waals surface area contributed by atoms with Crippen LogP contribution in [0.2, 0.25) is 0 Å². The van der Waals surface area contributed by atoms with Gasteiger partial charge in [0.25, 0.3) is 0 Å². The standard InChI is InChI=1S/C22H37N3O3/c1-2-23-9-11-24(12-10-23)21(26)15-17-3-7-25(8-4-17)22(27)20-16-19(20)18-5-13-28-14-6-18/h17-20H,2-16H2,1H3/t19-,20+/m0/s1. The zero-order valence-electron chi connectivity index (χ0n) is 17.5. The normalized spacial score (nSPS) is 30.5. The van der Waals surface area contributed by atoms with E-state index in [4.69, 9.17) is 4.74 Å². The van der Waals surface area contributed by atoms with Gasteiger partial charge in [0.05, 0.1) is 0 Å². The number of likely N-dealkylation sites (N-methyl/N-ethyl adjacent to an activating group) is 1. The predicted molar refractivity (Wildman–Crippen MR) is 108 cm³/mol. The van der Waals surface area contributed by atoms with E-state index in [0.717, 1.165) is 91.1 Å². The highest BCUT2D eigenvalue weighted by molar-refractivity contribution is 5.82. The third-order valence-corrected chi connectivity index (χ3v) is 7.59. The molecule has 1 saturated carbocycles. The second-order valence-corrected chi connectivity index (χ2v) is 9.24. The third kappa shape index (κ3) is 4.70. The van der Waals surface area contributed by atoms with Gasteiger partial charge in [-0.2, -0.15) is 0 Å². The molecule has 3 saturated heterocycles. The summed E-state index contributed by atoms with van der Waals surface area (Å²) in [6.07, 6.45) is 5.99. The number of piperidine rings is 1. The molecule has 0 radical (unpaired) electrons. The van der Waals surface area contributed by atoms with Crippen molar-refractivity contribution in [1.82, 2.24) is 14.7 Å². The molecule has 0 aromatic rings. The minimum atomic E-state index is 0.274. The van der Waals surface area contributed by atoms with Gasteiger partial charge in [0.1, 0.15) is 0 Å². The first-order valence-corrected chi connectivity index (χ1v) is 11.5. The topological polar surface area (TPSA) is 53.1 Å². The van der Waals surface area contributed by atoms with Crippen LogP contribution >= 0.6 is 0 Å². The lowest BCUT2D eigenvalue weighted by Gasteiger charge is -2.36. The van der Waals surface area contributed by atoms with E-state index >= 15 is 0 Å². The molecule has 28 heavy (non-hydrogen) atoms. The maximum absolute atomic E-state index is 12.9. The molecule has 6 nitrogen and oxygen atoms in total. The molecular formula is C22H37N3O3. The van der Waals surface area contributed by atoms with Crippen LogP contribution in [0.5, 0.6) is 0 Å². The van der Waals surface area contributed by atoms with Gasteiger partial charge in [-0.15, -0.1) is 0 Å². The van der Waals surface area contributed by atoms with Crippen molar-refractivity contribution >= 4 is 11.8 Å². The minimum absolute atomic E-state index is 0.274. The van der Waals surface area contributed by atoms with Crippen LogP contribution in [0.15, 0.2) is 0 Å². The lowest BCUT2D eigenvalue weighted by Crippen LogP contribution is -2.49. The molecule has 0 aromatic carbocycles. The van der Waals surface area contributed by atoms with Crippen LogP contribution in [0.3, 0.4) is 0 Å². The summed E-state index contributed by atoms with van der Waals surface area (Å²) in [4.78, 5) is 32.0. The van der Waals surface area contributed by atoms with Crippen LogP contribution in [0, 0.1) is 23.7 Å². The van der Waals surface area contributed by atoms with E-state index in [-0.39, 0.29) is 5.92 Å². The number of hydrogen-bond acceptors (Lipinski definition) is 4. The Bertz CT molecular complexity index is 547. The third-order valence-electron chi connectivity index (χ3n) is 7.59. The molecule has 158 valence electrons. The SMILES string of the molecule is CCN1CCN(C(=O)CC2CCN(C(=O)[C@@H]3C[C@H]3C3CCOCC3)CC2)CC1. The fraction of sp³-hybridized carbons (Fsp3) is 0.909. The Hall–Kier alpha value is -1.14. The summed E-state index contributed by atoms with van der Waals surface area (Å²) in [5, 5.41) is 0. The molecule has 4 aliphatic rings. The predicted octanol–water partition coefficient (Wildman–Crippen LogP) is 1.84. The molecule has 0 N–H and O–H groups in total. The van der Waals surface area contributed by atoms with Gasteiger partial charge in [-0.05, 0) is 56.4 Å². The van der Waals surface area contributed by atoms with Crippen molar-refractivity contribution in [2.75, 3.05) is 59.0 Å². The fourth-order valence-electron chi connectivity index (χ4n) is 5.45. The van der Waals surface area contributed by atoms with Crippen LogP contribution < -0.4 is 0 Å². The van der Waals surface area contributed by atoms with Crippen LogP contribution in [-0.2, 0) is 14.3 Å². The largest absolute Gasteiger partial charge is 0.381 e. The monoisotopic (exact) mass is 391 g/mol. The molecule has 0 bridgehead atoms. The number of carbonyl (C=O) groups excluding carboxylic acids is 2. The van der Waals surface area contributed by atoms with Crippen molar-refractivity contribution in [2.24, 2.45) is 23.7 Å². The van der Waals surface area contributed by atoms with E-state index in [1.54, 1.807) is 0 Å². The molecule has 4 rings (SSSR count). The number of piperazine rings is 1. The first-order valence-electron chi connectivity index (χ1n) is 11.5. The number of likely N-dealkylation sites (tertiary alicyclic amines) is 1. The highest BCUT2D eigenvalue weighted by atomic mass is 16.5. The first kappa shape index (κ1) is 20.1. The number of rotatable bonds is 5. The summed E-state index contributed by atoms with van der Waals surface area (Å²) in [5.74, 6) is 2.74. The highest BCUT2D eigenvalue weighted by Gasteiger charge is 2.49. The Morgan fingerprint density at radius 2 is 1.57 bits per heavy atom. The molecule has 6 heteroatoms. The van der Waals surface area contributed by atoms with E-state index in [1.807, 2.05) is 4.90 Å². The molecular weight excluding hydrogens is 354 g/mol. The second kappa shape index (κ2) is 9.12. The van der Waals surface area contributed by atoms with Gasteiger partial charge in [-0.3, -0.25) is 9.59 Å². The zero-order valence-corrected chi connectivity index (χ0v) is 17.5. The maximum Gasteiger partial charge on any atom is 0.225 e. The molecule has 4 fully saturated rings. The summed E-state index contributed by atoms with van der Waals surface area (Å²) in [6.45, 7) is 10.4. The lowest BCUT2D eigenvalue weighted by atomic mass is 9.91. The molecule has 3 aliphatic heterocycles. The van der Waals surface area contributed by atoms with E-state index in [9.17, 15) is 9.59 Å². The van der Waals surface area contributed by atoms with Crippen LogP contribution in [-0.4, -0.2) is 85.5 Å². The summed E-state index contributed by atoms with van der Waals surface area (Å²) in [6, 6.07) is 0. The van der Waals surface area contributed by atoms with Gasteiger partial charge in [0.2, 0.25) is 11.8 Å². The Morgan fingerprint density at radius 3 is 2.21 bits per heavy atom. The van der Waals surface area contributed by atoms with Gasteiger partial charge in [0.15, 0.2) is 0 Å². The Morgan fingerprint density at radius 1 is 0.893 bits per heavy atom. The quantitative estimate of drug-likeness (QED) is 0.718. The summed E-state index contributed by atoms with van der Waals surface area (Å²) in [7, 11) is 0. The molecule has 2 atom stereocenters. The number of hydrogen-bond donors (Lipinski definition) is 0. The lowest BCUT2D eigenvalue weighted by molar-refractivity contribution is -0.136.